The highest BCUT2D eigenvalue weighted by molar-refractivity contribution is 7.89. The van der Waals surface area contributed by atoms with Crippen molar-refractivity contribution in [2.75, 3.05) is 13.1 Å². The van der Waals surface area contributed by atoms with Gasteiger partial charge in [-0.15, -0.1) is 0 Å². The smallest absolute Gasteiger partial charge is 0.325 e. The summed E-state index contributed by atoms with van der Waals surface area (Å²) in [5.41, 5.74) is -2.84. The molecular formula is C10H15N3O5S. The van der Waals surface area contributed by atoms with Crippen LogP contribution in [0, 0.1) is 0 Å². The molecule has 19 heavy (non-hydrogen) atoms. The molecule has 9 heteroatoms. The summed E-state index contributed by atoms with van der Waals surface area (Å²) in [6.45, 7) is 1.71. The van der Waals surface area contributed by atoms with Crippen LogP contribution in [0.3, 0.4) is 0 Å². The molecule has 1 aliphatic rings. The molecule has 1 saturated heterocycles. The Balaban J connectivity index is 2.42. The van der Waals surface area contributed by atoms with E-state index in [1.807, 2.05) is 4.98 Å². The van der Waals surface area contributed by atoms with E-state index in [4.69, 9.17) is 0 Å². The summed E-state index contributed by atoms with van der Waals surface area (Å²) in [7, 11) is -4.02. The average Bonchev–Trinajstić information content (AvgIpc) is 2.27. The normalized spacial score (nSPS) is 25.4. The van der Waals surface area contributed by atoms with Gasteiger partial charge < -0.3 is 10.1 Å². The Hall–Kier alpha value is -1.45. The lowest BCUT2D eigenvalue weighted by atomic mass is 9.97. The molecule has 1 aromatic rings. The van der Waals surface area contributed by atoms with Crippen LogP contribution < -0.4 is 11.2 Å². The first-order valence-corrected chi connectivity index (χ1v) is 7.21. The maximum absolute atomic E-state index is 12.3. The molecule has 8 nitrogen and oxygen atoms in total. The summed E-state index contributed by atoms with van der Waals surface area (Å²) in [5, 5.41) is 9.92. The molecule has 0 spiro atoms. The van der Waals surface area contributed by atoms with Gasteiger partial charge in [-0.1, -0.05) is 0 Å². The van der Waals surface area contributed by atoms with Crippen LogP contribution in [-0.2, 0) is 10.0 Å². The summed E-state index contributed by atoms with van der Waals surface area (Å²) in [6.07, 6.45) is 1.88. The molecule has 3 N–H and O–H groups in total. The summed E-state index contributed by atoms with van der Waals surface area (Å²) in [4.78, 5) is 25.9. The van der Waals surface area contributed by atoms with Crippen molar-refractivity contribution in [1.29, 1.82) is 0 Å². The van der Waals surface area contributed by atoms with Gasteiger partial charge in [-0.2, -0.15) is 4.31 Å². The van der Waals surface area contributed by atoms with E-state index < -0.39 is 31.8 Å². The van der Waals surface area contributed by atoms with Gasteiger partial charge in [0.15, 0.2) is 4.90 Å². The van der Waals surface area contributed by atoms with Crippen molar-refractivity contribution in [3.63, 3.8) is 0 Å². The Morgan fingerprint density at radius 3 is 2.68 bits per heavy atom. The van der Waals surface area contributed by atoms with Gasteiger partial charge in [0.25, 0.3) is 5.56 Å². The van der Waals surface area contributed by atoms with Crippen molar-refractivity contribution >= 4 is 10.0 Å². The van der Waals surface area contributed by atoms with Crippen LogP contribution in [0.5, 0.6) is 0 Å². The number of nitrogens with zero attached hydrogens (tertiary/aromatic N) is 1. The molecule has 1 atom stereocenters. The van der Waals surface area contributed by atoms with Crippen molar-refractivity contribution in [3.05, 3.63) is 27.0 Å². The van der Waals surface area contributed by atoms with Crippen molar-refractivity contribution < 1.29 is 13.5 Å². The third-order valence-corrected chi connectivity index (χ3v) is 4.89. The van der Waals surface area contributed by atoms with Gasteiger partial charge in [0.2, 0.25) is 10.0 Å². The van der Waals surface area contributed by atoms with Gasteiger partial charge in [0.1, 0.15) is 0 Å². The van der Waals surface area contributed by atoms with E-state index in [0.29, 0.717) is 12.8 Å². The Morgan fingerprint density at radius 2 is 2.11 bits per heavy atom. The zero-order valence-electron chi connectivity index (χ0n) is 10.3. The number of aromatic nitrogens is 2. The lowest BCUT2D eigenvalue weighted by Crippen LogP contribution is -2.49. The minimum Gasteiger partial charge on any atom is -0.389 e. The first-order valence-electron chi connectivity index (χ1n) is 5.77. The van der Waals surface area contributed by atoms with E-state index in [1.165, 1.54) is 0 Å². The number of piperidine rings is 1. The quantitative estimate of drug-likeness (QED) is 0.617. The van der Waals surface area contributed by atoms with Gasteiger partial charge in [0, 0.05) is 19.3 Å². The number of hydrogen-bond donors (Lipinski definition) is 3. The van der Waals surface area contributed by atoms with Gasteiger partial charge in [-0.25, -0.2) is 13.2 Å². The molecule has 1 fully saturated rings. The van der Waals surface area contributed by atoms with Crippen molar-refractivity contribution in [1.82, 2.24) is 14.3 Å². The second-order valence-electron chi connectivity index (χ2n) is 4.88. The molecule has 2 rings (SSSR count). The predicted octanol–water partition coefficient (Wildman–Crippen LogP) is -1.40. The zero-order valence-corrected chi connectivity index (χ0v) is 11.2. The average molecular weight is 289 g/mol. The van der Waals surface area contributed by atoms with E-state index in [0.717, 1.165) is 10.5 Å². The molecule has 106 valence electrons. The Kier molecular flexibility index (Phi) is 3.37. The number of rotatable bonds is 2. The number of hydrogen-bond acceptors (Lipinski definition) is 5. The van der Waals surface area contributed by atoms with Crippen LogP contribution in [0.25, 0.3) is 0 Å². The number of aromatic amines is 2. The first-order chi connectivity index (χ1) is 8.72. The molecule has 1 unspecified atom stereocenters. The molecule has 0 bridgehead atoms. The number of nitrogens with one attached hydrogen (secondary N) is 2. The molecular weight excluding hydrogens is 274 g/mol. The third kappa shape index (κ3) is 2.77. The maximum Gasteiger partial charge on any atom is 0.325 e. The van der Waals surface area contributed by atoms with E-state index in [9.17, 15) is 23.1 Å². The molecule has 0 amide bonds. The van der Waals surface area contributed by atoms with E-state index >= 15 is 0 Å². The van der Waals surface area contributed by atoms with E-state index in [2.05, 4.69) is 4.98 Å². The Morgan fingerprint density at radius 1 is 1.42 bits per heavy atom. The van der Waals surface area contributed by atoms with Crippen LogP contribution >= 0.6 is 0 Å². The number of aliphatic hydroxyl groups is 1. The molecule has 0 radical (unpaired) electrons. The largest absolute Gasteiger partial charge is 0.389 e. The van der Waals surface area contributed by atoms with Crippen LogP contribution in [0.4, 0.5) is 0 Å². The monoisotopic (exact) mass is 289 g/mol. The fraction of sp³-hybridized carbons (Fsp3) is 0.600. The molecule has 0 saturated carbocycles. The second kappa shape index (κ2) is 4.58. The summed E-state index contributed by atoms with van der Waals surface area (Å²) >= 11 is 0. The van der Waals surface area contributed by atoms with Crippen molar-refractivity contribution in [2.45, 2.75) is 30.3 Å². The lowest BCUT2D eigenvalue weighted by molar-refractivity contribution is 0.00937. The molecule has 0 aliphatic carbocycles. The highest BCUT2D eigenvalue weighted by Gasteiger charge is 2.36. The summed E-state index contributed by atoms with van der Waals surface area (Å²) in [5.74, 6) is 0. The summed E-state index contributed by atoms with van der Waals surface area (Å²) in [6, 6.07) is 0. The van der Waals surface area contributed by atoms with Gasteiger partial charge in [0.05, 0.1) is 5.60 Å². The van der Waals surface area contributed by atoms with Crippen LogP contribution in [0.2, 0.25) is 0 Å². The van der Waals surface area contributed by atoms with Crippen molar-refractivity contribution in [3.8, 4) is 0 Å². The lowest BCUT2D eigenvalue weighted by Gasteiger charge is -2.35. The van der Waals surface area contributed by atoms with E-state index in [1.54, 1.807) is 6.92 Å². The fourth-order valence-corrected chi connectivity index (χ4v) is 3.70. The number of sulfonamides is 1. The van der Waals surface area contributed by atoms with Gasteiger partial charge in [-0.05, 0) is 19.8 Å². The number of β-amino-alcohol motifs (C(OH)–C–C–N with tert-alkyl or cyclic N) is 1. The highest BCUT2D eigenvalue weighted by atomic mass is 32.2. The summed E-state index contributed by atoms with van der Waals surface area (Å²) < 4.78 is 25.6. The highest BCUT2D eigenvalue weighted by Crippen LogP contribution is 2.24. The predicted molar refractivity (Wildman–Crippen MR) is 66.3 cm³/mol. The van der Waals surface area contributed by atoms with Crippen molar-refractivity contribution in [2.24, 2.45) is 0 Å². The molecule has 2 heterocycles. The Labute approximate surface area is 109 Å². The fourth-order valence-electron chi connectivity index (χ4n) is 2.11. The van der Waals surface area contributed by atoms with Crippen LogP contribution in [-0.4, -0.2) is 46.5 Å². The minimum absolute atomic E-state index is 0.0755. The van der Waals surface area contributed by atoms with Crippen LogP contribution in [0.1, 0.15) is 19.8 Å². The third-order valence-electron chi connectivity index (χ3n) is 3.04. The second-order valence-corrected chi connectivity index (χ2v) is 6.78. The molecule has 0 aromatic carbocycles. The minimum atomic E-state index is -4.02. The SMILES string of the molecule is CC1(O)CCCN(S(=O)(=O)c2c[nH]c(=O)[nH]c2=O)C1. The first kappa shape index (κ1) is 14.0. The Bertz CT molecular complexity index is 688. The van der Waals surface area contributed by atoms with Gasteiger partial charge in [-0.3, -0.25) is 9.78 Å². The maximum atomic E-state index is 12.3. The van der Waals surface area contributed by atoms with Crippen LogP contribution in [0.15, 0.2) is 20.7 Å². The standard InChI is InChI=1S/C10H15N3O5S/c1-10(16)3-2-4-13(6-10)19(17,18)7-5-11-9(15)12-8(7)14/h5,16H,2-4,6H2,1H3,(H2,11,12,14,15). The van der Waals surface area contributed by atoms with E-state index in [-0.39, 0.29) is 13.1 Å². The topological polar surface area (TPSA) is 123 Å². The zero-order chi connectivity index (χ0) is 14.3. The van der Waals surface area contributed by atoms with Gasteiger partial charge >= 0.3 is 5.69 Å². The molecule has 1 aliphatic heterocycles. The number of H-pyrrole nitrogens is 2. The molecule has 1 aromatic heterocycles.